The second kappa shape index (κ2) is 8.25. The third-order valence-corrected chi connectivity index (χ3v) is 7.02. The van der Waals surface area contributed by atoms with Crippen LogP contribution in [0.3, 0.4) is 0 Å². The van der Waals surface area contributed by atoms with Crippen molar-refractivity contribution in [2.75, 3.05) is 43.0 Å². The van der Waals surface area contributed by atoms with Crippen LogP contribution in [0, 0.1) is 0 Å². The fraction of sp³-hybridized carbons (Fsp3) is 0.542. The fourth-order valence-corrected chi connectivity index (χ4v) is 5.14. The van der Waals surface area contributed by atoms with Crippen molar-refractivity contribution < 1.29 is 4.79 Å². The summed E-state index contributed by atoms with van der Waals surface area (Å²) in [6, 6.07) is 8.58. The Morgan fingerprint density at radius 2 is 1.73 bits per heavy atom. The molecule has 1 aliphatic carbocycles. The molecule has 0 atom stereocenters. The molecule has 0 spiro atoms. The second-order valence-electron chi connectivity index (χ2n) is 8.88. The van der Waals surface area contributed by atoms with Crippen LogP contribution in [0.1, 0.15) is 53.6 Å². The molecule has 3 heterocycles. The van der Waals surface area contributed by atoms with Gasteiger partial charge in [-0.05, 0) is 74.3 Å². The summed E-state index contributed by atoms with van der Waals surface area (Å²) >= 11 is 0. The van der Waals surface area contributed by atoms with Gasteiger partial charge in [-0.2, -0.15) is 4.98 Å². The molecule has 5 rings (SSSR count). The van der Waals surface area contributed by atoms with E-state index in [1.165, 1.54) is 30.4 Å². The molecule has 0 saturated carbocycles. The van der Waals surface area contributed by atoms with Crippen LogP contribution in [0.2, 0.25) is 0 Å². The highest BCUT2D eigenvalue weighted by Gasteiger charge is 2.27. The number of nitrogens with zero attached hydrogens (tertiary/aromatic N) is 5. The standard InChI is InChI=1S/C24H31N5O/c1-27(23(30)20-8-7-18-5-4-6-19(18)17-20)21-10-15-28(16-11-21)22-9-12-25-24(26-22)29-13-2-3-14-29/h7-9,12,17,21H,2-6,10-11,13-16H2,1H3. The number of amides is 1. The Kier molecular flexibility index (Phi) is 5.32. The van der Waals surface area contributed by atoms with E-state index in [4.69, 9.17) is 4.98 Å². The Morgan fingerprint density at radius 3 is 2.53 bits per heavy atom. The summed E-state index contributed by atoms with van der Waals surface area (Å²) in [4.78, 5) is 29.0. The van der Waals surface area contributed by atoms with Gasteiger partial charge in [0.1, 0.15) is 5.82 Å². The number of carbonyl (C=O) groups excluding carboxylic acids is 1. The predicted octanol–water partition coefficient (Wildman–Crippen LogP) is 3.31. The van der Waals surface area contributed by atoms with Crippen LogP contribution in [0.15, 0.2) is 30.5 Å². The van der Waals surface area contributed by atoms with Crippen LogP contribution >= 0.6 is 0 Å². The molecule has 2 aliphatic heterocycles. The van der Waals surface area contributed by atoms with Crippen molar-refractivity contribution in [2.45, 2.75) is 51.0 Å². The van der Waals surface area contributed by atoms with E-state index >= 15 is 0 Å². The first-order valence-electron chi connectivity index (χ1n) is 11.4. The van der Waals surface area contributed by atoms with Gasteiger partial charge >= 0.3 is 0 Å². The van der Waals surface area contributed by atoms with Gasteiger partial charge in [0.2, 0.25) is 5.95 Å². The van der Waals surface area contributed by atoms with E-state index in [-0.39, 0.29) is 11.9 Å². The molecule has 1 amide bonds. The summed E-state index contributed by atoms with van der Waals surface area (Å²) in [6.07, 6.45) is 9.74. The number of piperidine rings is 1. The number of benzene rings is 1. The molecule has 2 saturated heterocycles. The first-order chi connectivity index (χ1) is 14.7. The number of hydrogen-bond donors (Lipinski definition) is 0. The number of fused-ring (bicyclic) bond motifs is 1. The van der Waals surface area contributed by atoms with Gasteiger partial charge in [0.25, 0.3) is 5.91 Å². The molecule has 6 nitrogen and oxygen atoms in total. The van der Waals surface area contributed by atoms with Crippen LogP contribution in [-0.4, -0.2) is 60.0 Å². The van der Waals surface area contributed by atoms with Gasteiger partial charge in [0, 0.05) is 51.0 Å². The molecule has 3 aliphatic rings. The largest absolute Gasteiger partial charge is 0.356 e. The maximum absolute atomic E-state index is 13.1. The summed E-state index contributed by atoms with van der Waals surface area (Å²) in [5.41, 5.74) is 3.62. The lowest BCUT2D eigenvalue weighted by Crippen LogP contribution is -2.46. The first kappa shape index (κ1) is 19.3. The number of rotatable bonds is 4. The highest BCUT2D eigenvalue weighted by molar-refractivity contribution is 5.94. The Morgan fingerprint density at radius 1 is 0.967 bits per heavy atom. The lowest BCUT2D eigenvalue weighted by atomic mass is 10.0. The topological polar surface area (TPSA) is 52.6 Å². The molecular weight excluding hydrogens is 374 g/mol. The molecule has 0 radical (unpaired) electrons. The minimum atomic E-state index is 0.154. The molecule has 1 aromatic heterocycles. The van der Waals surface area contributed by atoms with Gasteiger partial charge in [-0.1, -0.05) is 6.07 Å². The highest BCUT2D eigenvalue weighted by Crippen LogP contribution is 2.26. The van der Waals surface area contributed by atoms with E-state index in [9.17, 15) is 4.79 Å². The predicted molar refractivity (Wildman–Crippen MR) is 119 cm³/mol. The van der Waals surface area contributed by atoms with Crippen LogP contribution in [0.25, 0.3) is 0 Å². The normalized spacial score (nSPS) is 19.2. The van der Waals surface area contributed by atoms with Crippen molar-refractivity contribution in [3.8, 4) is 0 Å². The number of carbonyl (C=O) groups is 1. The minimum Gasteiger partial charge on any atom is -0.356 e. The van der Waals surface area contributed by atoms with Gasteiger partial charge < -0.3 is 14.7 Å². The lowest BCUT2D eigenvalue weighted by molar-refractivity contribution is 0.0709. The smallest absolute Gasteiger partial charge is 0.253 e. The fourth-order valence-electron chi connectivity index (χ4n) is 5.14. The summed E-state index contributed by atoms with van der Waals surface area (Å²) in [5, 5.41) is 0. The van der Waals surface area contributed by atoms with Crippen molar-refractivity contribution in [1.82, 2.24) is 14.9 Å². The Balaban J connectivity index is 1.21. The lowest BCUT2D eigenvalue weighted by Gasteiger charge is -2.37. The number of aryl methyl sites for hydroxylation is 2. The Hall–Kier alpha value is -2.63. The maximum atomic E-state index is 13.1. The van der Waals surface area contributed by atoms with Gasteiger partial charge in [0.15, 0.2) is 0 Å². The molecule has 0 bridgehead atoms. The van der Waals surface area contributed by atoms with E-state index in [0.29, 0.717) is 0 Å². The molecule has 0 unspecified atom stereocenters. The van der Waals surface area contributed by atoms with Crippen molar-refractivity contribution in [2.24, 2.45) is 0 Å². The minimum absolute atomic E-state index is 0.154. The zero-order chi connectivity index (χ0) is 20.5. The summed E-state index contributed by atoms with van der Waals surface area (Å²) < 4.78 is 0. The number of hydrogen-bond acceptors (Lipinski definition) is 5. The third kappa shape index (κ3) is 3.75. The van der Waals surface area contributed by atoms with Crippen molar-refractivity contribution in [3.05, 3.63) is 47.2 Å². The highest BCUT2D eigenvalue weighted by atomic mass is 16.2. The van der Waals surface area contributed by atoms with Crippen molar-refractivity contribution in [3.63, 3.8) is 0 Å². The maximum Gasteiger partial charge on any atom is 0.253 e. The second-order valence-corrected chi connectivity index (χ2v) is 8.88. The van der Waals surface area contributed by atoms with Gasteiger partial charge in [-0.25, -0.2) is 4.98 Å². The molecule has 2 aromatic rings. The zero-order valence-electron chi connectivity index (χ0n) is 17.9. The molecule has 30 heavy (non-hydrogen) atoms. The zero-order valence-corrected chi connectivity index (χ0v) is 17.9. The van der Waals surface area contributed by atoms with Crippen LogP contribution < -0.4 is 9.80 Å². The van der Waals surface area contributed by atoms with E-state index in [1.54, 1.807) is 0 Å². The SMILES string of the molecule is CN(C(=O)c1ccc2c(c1)CCC2)C1CCN(c2ccnc(N3CCCC3)n2)CC1. The molecule has 0 N–H and O–H groups in total. The van der Waals surface area contributed by atoms with Crippen LogP contribution in [0.4, 0.5) is 11.8 Å². The van der Waals surface area contributed by atoms with Crippen molar-refractivity contribution >= 4 is 17.7 Å². The Bertz CT molecular complexity index is 916. The van der Waals surface area contributed by atoms with Crippen molar-refractivity contribution in [1.29, 1.82) is 0 Å². The van der Waals surface area contributed by atoms with E-state index in [2.05, 4.69) is 26.9 Å². The average Bonchev–Trinajstić information content (AvgIpc) is 3.50. The monoisotopic (exact) mass is 405 g/mol. The van der Waals surface area contributed by atoms with E-state index < -0.39 is 0 Å². The summed E-state index contributed by atoms with van der Waals surface area (Å²) in [6.45, 7) is 3.95. The number of aromatic nitrogens is 2. The molecular formula is C24H31N5O. The molecule has 6 heteroatoms. The quantitative estimate of drug-likeness (QED) is 0.781. The van der Waals surface area contributed by atoms with Gasteiger partial charge in [0.05, 0.1) is 0 Å². The molecule has 1 aromatic carbocycles. The third-order valence-electron chi connectivity index (χ3n) is 7.02. The molecule has 158 valence electrons. The van der Waals surface area contributed by atoms with Gasteiger partial charge in [-0.3, -0.25) is 4.79 Å². The summed E-state index contributed by atoms with van der Waals surface area (Å²) in [5.74, 6) is 2.02. The number of anilines is 2. The van der Waals surface area contributed by atoms with E-state index in [1.807, 2.05) is 30.3 Å². The average molecular weight is 406 g/mol. The summed E-state index contributed by atoms with van der Waals surface area (Å²) in [7, 11) is 1.96. The van der Waals surface area contributed by atoms with Gasteiger partial charge in [-0.15, -0.1) is 0 Å². The molecule has 2 fully saturated rings. The van der Waals surface area contributed by atoms with Crippen LogP contribution in [0.5, 0.6) is 0 Å². The van der Waals surface area contributed by atoms with Crippen LogP contribution in [-0.2, 0) is 12.8 Å². The first-order valence-corrected chi connectivity index (χ1v) is 11.4. The van der Waals surface area contributed by atoms with E-state index in [0.717, 1.165) is 69.2 Å². The Labute approximate surface area is 178 Å².